The SMILES string of the molecule is C=C1CCC(C(C)(C)C)CC1O. The Kier molecular flexibility index (Phi) is 2.62. The fourth-order valence-electron chi connectivity index (χ4n) is 1.87. The van der Waals surface area contributed by atoms with Gasteiger partial charge < -0.3 is 5.11 Å². The molecule has 2 atom stereocenters. The lowest BCUT2D eigenvalue weighted by Gasteiger charge is -2.36. The molecule has 0 spiro atoms. The smallest absolute Gasteiger partial charge is 0.0750 e. The van der Waals surface area contributed by atoms with Gasteiger partial charge in [0, 0.05) is 0 Å². The maximum absolute atomic E-state index is 9.61. The van der Waals surface area contributed by atoms with Gasteiger partial charge in [-0.3, -0.25) is 0 Å². The van der Waals surface area contributed by atoms with Crippen molar-refractivity contribution in [2.75, 3.05) is 0 Å². The summed E-state index contributed by atoms with van der Waals surface area (Å²) in [6.45, 7) is 10.6. The van der Waals surface area contributed by atoms with Crippen LogP contribution in [0, 0.1) is 11.3 Å². The van der Waals surface area contributed by atoms with Crippen molar-refractivity contribution in [3.05, 3.63) is 12.2 Å². The highest BCUT2D eigenvalue weighted by Crippen LogP contribution is 2.39. The van der Waals surface area contributed by atoms with Gasteiger partial charge in [0.05, 0.1) is 6.10 Å². The minimum atomic E-state index is -0.247. The van der Waals surface area contributed by atoms with Gasteiger partial charge in [0.2, 0.25) is 0 Å². The summed E-state index contributed by atoms with van der Waals surface area (Å²) in [5, 5.41) is 9.61. The second-order valence-corrected chi connectivity index (χ2v) is 5.01. The molecule has 1 aliphatic carbocycles. The van der Waals surface area contributed by atoms with Crippen LogP contribution in [0.15, 0.2) is 12.2 Å². The van der Waals surface area contributed by atoms with E-state index in [2.05, 4.69) is 27.4 Å². The first kappa shape index (κ1) is 9.79. The van der Waals surface area contributed by atoms with E-state index in [0.717, 1.165) is 18.4 Å². The molecule has 12 heavy (non-hydrogen) atoms. The van der Waals surface area contributed by atoms with Crippen LogP contribution in [0.3, 0.4) is 0 Å². The minimum absolute atomic E-state index is 0.247. The second-order valence-electron chi connectivity index (χ2n) is 5.01. The van der Waals surface area contributed by atoms with Crippen molar-refractivity contribution >= 4 is 0 Å². The van der Waals surface area contributed by atoms with Crippen LogP contribution in [0.25, 0.3) is 0 Å². The number of hydrogen-bond donors (Lipinski definition) is 1. The highest BCUT2D eigenvalue weighted by Gasteiger charge is 2.31. The molecular formula is C11H20O. The van der Waals surface area contributed by atoms with Crippen molar-refractivity contribution in [3.63, 3.8) is 0 Å². The lowest BCUT2D eigenvalue weighted by Crippen LogP contribution is -2.30. The molecule has 0 aromatic rings. The third-order valence-corrected chi connectivity index (χ3v) is 3.02. The van der Waals surface area contributed by atoms with Gasteiger partial charge in [-0.15, -0.1) is 0 Å². The average molecular weight is 168 g/mol. The Bertz CT molecular complexity index is 176. The number of aliphatic hydroxyl groups is 1. The van der Waals surface area contributed by atoms with Crippen LogP contribution >= 0.6 is 0 Å². The number of aliphatic hydroxyl groups excluding tert-OH is 1. The van der Waals surface area contributed by atoms with Gasteiger partial charge in [-0.25, -0.2) is 0 Å². The topological polar surface area (TPSA) is 20.2 Å². The molecule has 1 N–H and O–H groups in total. The molecule has 1 aliphatic rings. The van der Waals surface area contributed by atoms with Crippen molar-refractivity contribution in [2.45, 2.75) is 46.1 Å². The molecule has 0 amide bonds. The Balaban J connectivity index is 2.57. The van der Waals surface area contributed by atoms with E-state index in [1.807, 2.05) is 0 Å². The molecule has 0 saturated heterocycles. The predicted molar refractivity (Wildman–Crippen MR) is 51.9 cm³/mol. The van der Waals surface area contributed by atoms with Crippen molar-refractivity contribution in [1.82, 2.24) is 0 Å². The van der Waals surface area contributed by atoms with Crippen LogP contribution < -0.4 is 0 Å². The summed E-state index contributed by atoms with van der Waals surface area (Å²) in [6, 6.07) is 0. The van der Waals surface area contributed by atoms with Crippen molar-refractivity contribution in [3.8, 4) is 0 Å². The first-order valence-corrected chi connectivity index (χ1v) is 4.77. The summed E-state index contributed by atoms with van der Waals surface area (Å²) < 4.78 is 0. The van der Waals surface area contributed by atoms with E-state index in [4.69, 9.17) is 0 Å². The lowest BCUT2D eigenvalue weighted by atomic mass is 9.70. The molecule has 1 rings (SSSR count). The Hall–Kier alpha value is -0.300. The van der Waals surface area contributed by atoms with E-state index in [1.165, 1.54) is 6.42 Å². The van der Waals surface area contributed by atoms with Gasteiger partial charge in [0.15, 0.2) is 0 Å². The van der Waals surface area contributed by atoms with Gasteiger partial charge in [0.1, 0.15) is 0 Å². The Morgan fingerprint density at radius 1 is 1.42 bits per heavy atom. The van der Waals surface area contributed by atoms with Crippen LogP contribution in [0.5, 0.6) is 0 Å². The third-order valence-electron chi connectivity index (χ3n) is 3.02. The van der Waals surface area contributed by atoms with Crippen LogP contribution in [0.1, 0.15) is 40.0 Å². The molecular weight excluding hydrogens is 148 g/mol. The van der Waals surface area contributed by atoms with Gasteiger partial charge >= 0.3 is 0 Å². The van der Waals surface area contributed by atoms with Crippen molar-refractivity contribution < 1.29 is 5.11 Å². The second kappa shape index (κ2) is 3.21. The number of rotatable bonds is 0. The zero-order valence-corrected chi connectivity index (χ0v) is 8.43. The van der Waals surface area contributed by atoms with E-state index in [1.54, 1.807) is 0 Å². The van der Waals surface area contributed by atoms with Crippen LogP contribution in [0.4, 0.5) is 0 Å². The summed E-state index contributed by atoms with van der Waals surface area (Å²) in [5.74, 6) is 0.651. The Morgan fingerprint density at radius 3 is 2.42 bits per heavy atom. The molecule has 0 radical (unpaired) electrons. The average Bonchev–Trinajstić information content (AvgIpc) is 1.92. The summed E-state index contributed by atoms with van der Waals surface area (Å²) in [6.07, 6.45) is 2.85. The summed E-state index contributed by atoms with van der Waals surface area (Å²) in [5.41, 5.74) is 1.36. The van der Waals surface area contributed by atoms with E-state index < -0.39 is 0 Å². The highest BCUT2D eigenvalue weighted by atomic mass is 16.3. The van der Waals surface area contributed by atoms with Crippen molar-refractivity contribution in [1.29, 1.82) is 0 Å². The number of hydrogen-bond acceptors (Lipinski definition) is 1. The lowest BCUT2D eigenvalue weighted by molar-refractivity contribution is 0.0954. The molecule has 0 heterocycles. The normalized spacial score (nSPS) is 32.2. The molecule has 70 valence electrons. The summed E-state index contributed by atoms with van der Waals surface area (Å²) >= 11 is 0. The van der Waals surface area contributed by atoms with Gasteiger partial charge in [-0.1, -0.05) is 27.4 Å². The van der Waals surface area contributed by atoms with E-state index in [9.17, 15) is 5.11 Å². The molecule has 1 nitrogen and oxygen atoms in total. The zero-order valence-electron chi connectivity index (χ0n) is 8.43. The molecule has 1 fully saturated rings. The quantitative estimate of drug-likeness (QED) is 0.551. The fourth-order valence-corrected chi connectivity index (χ4v) is 1.87. The Morgan fingerprint density at radius 2 is 2.00 bits per heavy atom. The largest absolute Gasteiger partial charge is 0.389 e. The van der Waals surface area contributed by atoms with Crippen LogP contribution in [-0.2, 0) is 0 Å². The van der Waals surface area contributed by atoms with Gasteiger partial charge in [-0.2, -0.15) is 0 Å². The first-order chi connectivity index (χ1) is 5.41. The molecule has 1 heteroatoms. The van der Waals surface area contributed by atoms with E-state index in [-0.39, 0.29) is 6.10 Å². The van der Waals surface area contributed by atoms with Crippen molar-refractivity contribution in [2.24, 2.45) is 11.3 Å². The highest BCUT2D eigenvalue weighted by molar-refractivity contribution is 5.06. The van der Waals surface area contributed by atoms with Crippen LogP contribution in [-0.4, -0.2) is 11.2 Å². The zero-order chi connectivity index (χ0) is 9.35. The molecule has 1 saturated carbocycles. The first-order valence-electron chi connectivity index (χ1n) is 4.77. The molecule has 0 aromatic carbocycles. The molecule has 0 aromatic heterocycles. The summed E-state index contributed by atoms with van der Waals surface area (Å²) in [7, 11) is 0. The van der Waals surface area contributed by atoms with E-state index in [0.29, 0.717) is 11.3 Å². The Labute approximate surface area is 75.5 Å². The predicted octanol–water partition coefficient (Wildman–Crippen LogP) is 2.75. The molecule has 0 bridgehead atoms. The van der Waals surface area contributed by atoms with Gasteiger partial charge in [-0.05, 0) is 36.2 Å². The molecule has 0 aliphatic heterocycles. The maximum Gasteiger partial charge on any atom is 0.0750 e. The molecule has 2 unspecified atom stereocenters. The minimum Gasteiger partial charge on any atom is -0.389 e. The van der Waals surface area contributed by atoms with Crippen LogP contribution in [0.2, 0.25) is 0 Å². The van der Waals surface area contributed by atoms with E-state index >= 15 is 0 Å². The van der Waals surface area contributed by atoms with Gasteiger partial charge in [0.25, 0.3) is 0 Å². The maximum atomic E-state index is 9.61. The third kappa shape index (κ3) is 2.10. The summed E-state index contributed by atoms with van der Waals surface area (Å²) in [4.78, 5) is 0. The fraction of sp³-hybridized carbons (Fsp3) is 0.818. The monoisotopic (exact) mass is 168 g/mol. The standard InChI is InChI=1S/C11H20O/c1-8-5-6-9(7-10(8)12)11(2,3)4/h9-10,12H,1,5-7H2,2-4H3.